The fourth-order valence-electron chi connectivity index (χ4n) is 2.27. The molecule has 3 aromatic rings. The number of hydrogen-bond donors (Lipinski definition) is 2. The Morgan fingerprint density at radius 1 is 1.14 bits per heavy atom. The van der Waals surface area contributed by atoms with Crippen LogP contribution in [0.3, 0.4) is 0 Å². The highest BCUT2D eigenvalue weighted by Crippen LogP contribution is 2.29. The molecule has 8 nitrogen and oxygen atoms in total. The molecule has 0 aliphatic heterocycles. The van der Waals surface area contributed by atoms with Crippen molar-refractivity contribution in [1.82, 2.24) is 25.1 Å². The molecule has 3 rings (SSSR count). The third-order valence-corrected chi connectivity index (χ3v) is 4.65. The molecule has 0 saturated heterocycles. The van der Waals surface area contributed by atoms with E-state index in [0.717, 1.165) is 0 Å². The van der Waals surface area contributed by atoms with Gasteiger partial charge in [-0.15, -0.1) is 0 Å². The van der Waals surface area contributed by atoms with E-state index in [4.69, 9.17) is 34.8 Å². The van der Waals surface area contributed by atoms with E-state index in [2.05, 4.69) is 41.6 Å². The van der Waals surface area contributed by atoms with Crippen LogP contribution in [0.1, 0.15) is 21.0 Å². The molecule has 0 spiro atoms. The molecule has 2 amide bonds. The van der Waals surface area contributed by atoms with Crippen LogP contribution in [0.15, 0.2) is 35.1 Å². The zero-order valence-corrected chi connectivity index (χ0v) is 17.9. The Hall–Kier alpha value is -2.20. The quantitative estimate of drug-likeness (QED) is 0.523. The summed E-state index contributed by atoms with van der Waals surface area (Å²) in [5, 5.41) is 9.54. The molecule has 0 radical (unpaired) electrons. The van der Waals surface area contributed by atoms with Crippen LogP contribution >= 0.6 is 50.7 Å². The summed E-state index contributed by atoms with van der Waals surface area (Å²) in [7, 11) is 1.42. The van der Waals surface area contributed by atoms with Crippen LogP contribution < -0.4 is 10.6 Å². The monoisotopic (exact) mass is 502 g/mol. The second-order valence-electron chi connectivity index (χ2n) is 5.26. The summed E-state index contributed by atoms with van der Waals surface area (Å²) in [4.78, 5) is 33.1. The van der Waals surface area contributed by atoms with Crippen LogP contribution in [0.2, 0.25) is 15.2 Å². The van der Waals surface area contributed by atoms with Crippen LogP contribution in [0, 0.1) is 0 Å². The number of aromatic nitrogens is 4. The van der Waals surface area contributed by atoms with Crippen LogP contribution in [-0.4, -0.2) is 38.6 Å². The number of rotatable bonds is 4. The predicted octanol–water partition coefficient (Wildman–Crippen LogP) is 4.00. The summed E-state index contributed by atoms with van der Waals surface area (Å²) < 4.78 is 1.64. The minimum absolute atomic E-state index is 0.00593. The van der Waals surface area contributed by atoms with E-state index in [-0.39, 0.29) is 33.1 Å². The van der Waals surface area contributed by atoms with Crippen LogP contribution in [0.5, 0.6) is 0 Å². The first-order valence-electron chi connectivity index (χ1n) is 7.57. The molecule has 28 heavy (non-hydrogen) atoms. The van der Waals surface area contributed by atoms with Crippen LogP contribution in [0.4, 0.5) is 5.69 Å². The van der Waals surface area contributed by atoms with Crippen molar-refractivity contribution in [2.45, 2.75) is 0 Å². The van der Waals surface area contributed by atoms with Crippen molar-refractivity contribution in [3.05, 3.63) is 61.7 Å². The van der Waals surface area contributed by atoms with Gasteiger partial charge in [0.05, 0.1) is 15.7 Å². The van der Waals surface area contributed by atoms with Gasteiger partial charge in [-0.25, -0.2) is 14.6 Å². The van der Waals surface area contributed by atoms with E-state index in [1.54, 1.807) is 12.1 Å². The lowest BCUT2D eigenvalue weighted by molar-refractivity contribution is 0.0959. The number of pyridine rings is 2. The minimum Gasteiger partial charge on any atom is -0.354 e. The third-order valence-electron chi connectivity index (χ3n) is 3.47. The van der Waals surface area contributed by atoms with Gasteiger partial charge >= 0.3 is 0 Å². The van der Waals surface area contributed by atoms with E-state index < -0.39 is 11.8 Å². The van der Waals surface area contributed by atoms with Gasteiger partial charge in [-0.1, -0.05) is 34.8 Å². The smallest absolute Gasteiger partial charge is 0.274 e. The largest absolute Gasteiger partial charge is 0.354 e. The Labute approximate surface area is 182 Å². The van der Waals surface area contributed by atoms with Crippen LogP contribution in [0.25, 0.3) is 5.82 Å². The lowest BCUT2D eigenvalue weighted by atomic mass is 10.2. The van der Waals surface area contributed by atoms with Crippen LogP contribution in [-0.2, 0) is 0 Å². The van der Waals surface area contributed by atoms with Gasteiger partial charge in [0.15, 0.2) is 11.5 Å². The van der Waals surface area contributed by atoms with E-state index in [9.17, 15) is 9.59 Å². The maximum Gasteiger partial charge on any atom is 0.274 e. The van der Waals surface area contributed by atoms with Gasteiger partial charge < -0.3 is 10.6 Å². The van der Waals surface area contributed by atoms with Gasteiger partial charge in [0.2, 0.25) is 0 Å². The highest BCUT2D eigenvalue weighted by atomic mass is 79.9. The number of hydrogen-bond acceptors (Lipinski definition) is 5. The fraction of sp³-hybridized carbons (Fsp3) is 0.0625. The van der Waals surface area contributed by atoms with Gasteiger partial charge in [0, 0.05) is 19.3 Å². The Bertz CT molecular complexity index is 1090. The van der Waals surface area contributed by atoms with Crippen molar-refractivity contribution in [3.63, 3.8) is 0 Å². The average molecular weight is 505 g/mol. The Morgan fingerprint density at radius 2 is 1.89 bits per heavy atom. The number of halogens is 4. The normalized spacial score (nSPS) is 10.6. The van der Waals surface area contributed by atoms with E-state index in [1.807, 2.05) is 0 Å². The zero-order chi connectivity index (χ0) is 20.4. The Kier molecular flexibility index (Phi) is 6.19. The Morgan fingerprint density at radius 3 is 2.57 bits per heavy atom. The first kappa shape index (κ1) is 20.5. The van der Waals surface area contributed by atoms with Gasteiger partial charge in [-0.2, -0.15) is 5.10 Å². The average Bonchev–Trinajstić information content (AvgIpc) is 3.05. The Balaban J connectivity index is 2.05. The summed E-state index contributed by atoms with van der Waals surface area (Å²) in [6, 6.07) is 6.05. The van der Waals surface area contributed by atoms with E-state index in [1.165, 1.54) is 30.1 Å². The number of carbonyl (C=O) groups excluding carboxylic acids is 2. The molecule has 0 atom stereocenters. The molecule has 0 fully saturated rings. The molecule has 0 bridgehead atoms. The molecular formula is C16H10BrCl3N6O2. The minimum atomic E-state index is -0.615. The van der Waals surface area contributed by atoms with Gasteiger partial charge in [-0.3, -0.25) is 9.59 Å². The molecular weight excluding hydrogens is 494 g/mol. The van der Waals surface area contributed by atoms with Gasteiger partial charge in [-0.05, 0) is 34.1 Å². The number of amides is 2. The molecule has 0 aliphatic rings. The number of anilines is 1. The lowest BCUT2D eigenvalue weighted by Gasteiger charge is -2.13. The topological polar surface area (TPSA) is 102 Å². The van der Waals surface area contributed by atoms with E-state index in [0.29, 0.717) is 9.63 Å². The second-order valence-corrected chi connectivity index (χ2v) is 7.27. The van der Waals surface area contributed by atoms with Gasteiger partial charge in [0.1, 0.15) is 15.5 Å². The summed E-state index contributed by atoms with van der Waals surface area (Å²) >= 11 is 21.4. The van der Waals surface area contributed by atoms with Crippen molar-refractivity contribution < 1.29 is 9.59 Å². The number of nitrogens with one attached hydrogen (secondary N) is 2. The van der Waals surface area contributed by atoms with Crippen molar-refractivity contribution in [1.29, 1.82) is 0 Å². The molecule has 0 unspecified atom stereocenters. The lowest BCUT2D eigenvalue weighted by Crippen LogP contribution is -2.24. The number of nitrogens with zero attached hydrogens (tertiary/aromatic N) is 4. The predicted molar refractivity (Wildman–Crippen MR) is 110 cm³/mol. The molecule has 0 aromatic carbocycles. The molecule has 2 N–H and O–H groups in total. The first-order valence-corrected chi connectivity index (χ1v) is 9.50. The maximum absolute atomic E-state index is 12.9. The SMILES string of the molecule is CNC(=O)c1nc(Cl)cc(Cl)c1NC(=O)c1cc(Br)nn1-c1ncccc1Cl. The summed E-state index contributed by atoms with van der Waals surface area (Å²) in [6.45, 7) is 0. The molecule has 3 aromatic heterocycles. The highest BCUT2D eigenvalue weighted by Gasteiger charge is 2.23. The molecule has 12 heteroatoms. The summed E-state index contributed by atoms with van der Waals surface area (Å²) in [5.74, 6) is -0.926. The molecule has 3 heterocycles. The van der Waals surface area contributed by atoms with E-state index >= 15 is 0 Å². The molecule has 0 saturated carbocycles. The van der Waals surface area contributed by atoms with Crippen molar-refractivity contribution in [2.24, 2.45) is 0 Å². The maximum atomic E-state index is 12.9. The number of carbonyl (C=O) groups is 2. The van der Waals surface area contributed by atoms with Crippen molar-refractivity contribution >= 4 is 68.2 Å². The third kappa shape index (κ3) is 4.12. The molecule has 0 aliphatic carbocycles. The van der Waals surface area contributed by atoms with Crippen molar-refractivity contribution in [3.8, 4) is 5.82 Å². The zero-order valence-electron chi connectivity index (χ0n) is 14.0. The second kappa shape index (κ2) is 8.44. The first-order chi connectivity index (χ1) is 13.3. The summed E-state index contributed by atoms with van der Waals surface area (Å²) in [5.41, 5.74) is -0.0258. The highest BCUT2D eigenvalue weighted by molar-refractivity contribution is 9.10. The molecule has 144 valence electrons. The summed E-state index contributed by atoms with van der Waals surface area (Å²) in [6.07, 6.45) is 1.52. The van der Waals surface area contributed by atoms with Gasteiger partial charge in [0.25, 0.3) is 11.8 Å². The standard InChI is InChI=1S/C16H10BrCl3N6O2/c1-21-16(28)13-12(8(19)5-11(20)23-13)24-15(27)9-6-10(17)25-26(9)14-7(18)3-2-4-22-14/h2-6H,1H3,(H,21,28)(H,24,27). The fourth-order valence-corrected chi connectivity index (χ4v) is 3.34. The van der Waals surface area contributed by atoms with Crippen molar-refractivity contribution in [2.75, 3.05) is 12.4 Å².